The van der Waals surface area contributed by atoms with Crippen molar-refractivity contribution in [3.63, 3.8) is 0 Å². The van der Waals surface area contributed by atoms with Crippen LogP contribution in [0.1, 0.15) is 68.9 Å². The molecular formula is C24H30O2S. The minimum Gasteiger partial charge on any atom is -0.426 e. The number of rotatable bonds is 7. The molecule has 0 amide bonds. The van der Waals surface area contributed by atoms with Gasteiger partial charge < -0.3 is 4.74 Å². The summed E-state index contributed by atoms with van der Waals surface area (Å²) >= 11 is 4.26. The van der Waals surface area contributed by atoms with Gasteiger partial charge in [0, 0.05) is 4.90 Å². The van der Waals surface area contributed by atoms with Gasteiger partial charge in [0.15, 0.2) is 0 Å². The summed E-state index contributed by atoms with van der Waals surface area (Å²) < 4.78 is 5.54. The van der Waals surface area contributed by atoms with Crippen LogP contribution >= 0.6 is 12.6 Å². The number of hydrogen-bond donors (Lipinski definition) is 1. The van der Waals surface area contributed by atoms with Gasteiger partial charge in [-0.3, -0.25) is 4.79 Å². The van der Waals surface area contributed by atoms with Crippen LogP contribution in [0.5, 0.6) is 5.75 Å². The Morgan fingerprint density at radius 1 is 0.963 bits per heavy atom. The third-order valence-corrected chi connectivity index (χ3v) is 5.93. The lowest BCUT2D eigenvalue weighted by atomic mass is 9.78. The van der Waals surface area contributed by atoms with Crippen LogP contribution < -0.4 is 4.74 Å². The van der Waals surface area contributed by atoms with Crippen molar-refractivity contribution < 1.29 is 9.53 Å². The van der Waals surface area contributed by atoms with Gasteiger partial charge in [-0.05, 0) is 79.8 Å². The molecule has 3 heteroatoms. The molecule has 0 aliphatic heterocycles. The maximum Gasteiger partial charge on any atom is 0.314 e. The van der Waals surface area contributed by atoms with E-state index in [1.54, 1.807) is 12.1 Å². The first-order valence-electron chi connectivity index (χ1n) is 10.2. The molecule has 1 fully saturated rings. The Balaban J connectivity index is 1.48. The number of carbonyl (C=O) groups is 1. The van der Waals surface area contributed by atoms with Crippen molar-refractivity contribution in [2.45, 2.75) is 69.1 Å². The van der Waals surface area contributed by atoms with Crippen molar-refractivity contribution in [3.05, 3.63) is 59.7 Å². The number of aryl methyl sites for hydroxylation is 1. The van der Waals surface area contributed by atoms with Gasteiger partial charge >= 0.3 is 5.97 Å². The van der Waals surface area contributed by atoms with E-state index in [1.807, 2.05) is 12.1 Å². The fourth-order valence-electron chi connectivity index (χ4n) is 3.91. The van der Waals surface area contributed by atoms with Gasteiger partial charge in [-0.15, -0.1) is 12.6 Å². The third-order valence-electron chi connectivity index (χ3n) is 5.64. The summed E-state index contributed by atoms with van der Waals surface area (Å²) in [4.78, 5) is 13.3. The second-order valence-electron chi connectivity index (χ2n) is 7.66. The topological polar surface area (TPSA) is 26.3 Å². The maximum atomic E-state index is 12.4. The fraction of sp³-hybridized carbons (Fsp3) is 0.458. The minimum atomic E-state index is -0.0911. The molecule has 27 heavy (non-hydrogen) atoms. The largest absolute Gasteiger partial charge is 0.426 e. The highest BCUT2D eigenvalue weighted by molar-refractivity contribution is 7.80. The van der Waals surface area contributed by atoms with Crippen LogP contribution in [-0.4, -0.2) is 5.97 Å². The molecule has 0 radical (unpaired) electrons. The molecule has 0 aromatic heterocycles. The maximum absolute atomic E-state index is 12.4. The Morgan fingerprint density at radius 3 is 2.26 bits per heavy atom. The van der Waals surface area contributed by atoms with Gasteiger partial charge in [0.2, 0.25) is 0 Å². The van der Waals surface area contributed by atoms with E-state index in [0.717, 1.165) is 30.6 Å². The lowest BCUT2D eigenvalue weighted by Crippen LogP contribution is -2.25. The molecule has 3 rings (SSSR count). The van der Waals surface area contributed by atoms with Crippen molar-refractivity contribution in [1.29, 1.82) is 0 Å². The molecule has 0 bridgehead atoms. The molecule has 0 saturated heterocycles. The van der Waals surface area contributed by atoms with Crippen molar-refractivity contribution in [3.8, 4) is 5.75 Å². The molecule has 1 saturated carbocycles. The fourth-order valence-corrected chi connectivity index (χ4v) is 4.06. The highest BCUT2D eigenvalue weighted by atomic mass is 32.1. The van der Waals surface area contributed by atoms with Crippen LogP contribution in [0.3, 0.4) is 0 Å². The zero-order valence-electron chi connectivity index (χ0n) is 16.2. The van der Waals surface area contributed by atoms with Gasteiger partial charge in [0.25, 0.3) is 0 Å². The number of benzene rings is 2. The summed E-state index contributed by atoms with van der Waals surface area (Å²) in [7, 11) is 0. The van der Waals surface area contributed by atoms with Crippen molar-refractivity contribution in [2.75, 3.05) is 0 Å². The highest BCUT2D eigenvalue weighted by Crippen LogP contribution is 2.36. The van der Waals surface area contributed by atoms with Crippen LogP contribution in [-0.2, 0) is 11.2 Å². The van der Waals surface area contributed by atoms with E-state index in [0.29, 0.717) is 11.7 Å². The number of ether oxygens (including phenoxy) is 1. The summed E-state index contributed by atoms with van der Waals surface area (Å²) in [6.07, 6.45) is 8.97. The molecule has 144 valence electrons. The zero-order chi connectivity index (χ0) is 19.1. The Bertz CT molecular complexity index is 713. The van der Waals surface area contributed by atoms with Crippen LogP contribution in [0.2, 0.25) is 0 Å². The van der Waals surface area contributed by atoms with Crippen molar-refractivity contribution in [2.24, 2.45) is 5.92 Å². The van der Waals surface area contributed by atoms with Gasteiger partial charge in [-0.1, -0.05) is 44.0 Å². The van der Waals surface area contributed by atoms with E-state index in [1.165, 1.54) is 36.8 Å². The smallest absolute Gasteiger partial charge is 0.314 e. The molecular weight excluding hydrogens is 352 g/mol. The molecule has 1 aliphatic carbocycles. The summed E-state index contributed by atoms with van der Waals surface area (Å²) in [6, 6.07) is 16.4. The molecule has 2 nitrogen and oxygen atoms in total. The Morgan fingerprint density at radius 2 is 1.63 bits per heavy atom. The SMILES string of the molecule is CCCCCc1ccc(C2CCC(C(=O)Oc3ccc(S)cc3)CC2)cc1. The van der Waals surface area contributed by atoms with E-state index >= 15 is 0 Å². The third kappa shape index (κ3) is 5.87. The van der Waals surface area contributed by atoms with E-state index in [9.17, 15) is 4.79 Å². The number of esters is 1. The van der Waals surface area contributed by atoms with Crippen molar-refractivity contribution >= 4 is 18.6 Å². The normalized spacial score (nSPS) is 19.6. The van der Waals surface area contributed by atoms with Gasteiger partial charge in [-0.25, -0.2) is 0 Å². The molecule has 0 heterocycles. The Hall–Kier alpha value is -1.74. The van der Waals surface area contributed by atoms with Crippen LogP contribution in [0.25, 0.3) is 0 Å². The predicted molar refractivity (Wildman–Crippen MR) is 114 cm³/mol. The molecule has 0 N–H and O–H groups in total. The van der Waals surface area contributed by atoms with Gasteiger partial charge in [0.1, 0.15) is 5.75 Å². The lowest BCUT2D eigenvalue weighted by molar-refractivity contribution is -0.140. The molecule has 0 unspecified atom stereocenters. The molecule has 2 aromatic carbocycles. The van der Waals surface area contributed by atoms with E-state index in [-0.39, 0.29) is 11.9 Å². The monoisotopic (exact) mass is 382 g/mol. The quantitative estimate of drug-likeness (QED) is 0.253. The van der Waals surface area contributed by atoms with E-state index in [2.05, 4.69) is 43.8 Å². The molecule has 2 aromatic rings. The lowest BCUT2D eigenvalue weighted by Gasteiger charge is -2.27. The molecule has 0 spiro atoms. The molecule has 1 aliphatic rings. The standard InChI is InChI=1S/C24H30O2S/c1-2-3-4-5-18-6-8-19(9-7-18)20-10-12-21(13-11-20)24(25)26-22-14-16-23(27)17-15-22/h6-9,14-17,20-21,27H,2-5,10-13H2,1H3. The second kappa shape index (κ2) is 9.98. The van der Waals surface area contributed by atoms with Gasteiger partial charge in [0.05, 0.1) is 5.92 Å². The van der Waals surface area contributed by atoms with E-state index in [4.69, 9.17) is 4.74 Å². The predicted octanol–water partition coefficient (Wildman–Crippen LogP) is 6.59. The summed E-state index contributed by atoms with van der Waals surface area (Å²) in [5.74, 6) is 1.11. The number of carbonyl (C=O) groups excluding carboxylic acids is 1. The summed E-state index contributed by atoms with van der Waals surface area (Å²) in [5, 5.41) is 0. The first-order chi connectivity index (χ1) is 13.2. The summed E-state index contributed by atoms with van der Waals surface area (Å²) in [5.41, 5.74) is 2.86. The first kappa shape index (κ1) is 20.0. The first-order valence-corrected chi connectivity index (χ1v) is 10.7. The highest BCUT2D eigenvalue weighted by Gasteiger charge is 2.28. The minimum absolute atomic E-state index is 0.0187. The van der Waals surface area contributed by atoms with Gasteiger partial charge in [-0.2, -0.15) is 0 Å². The molecule has 0 atom stereocenters. The number of thiol groups is 1. The Kier molecular flexibility index (Phi) is 7.40. The number of hydrogen-bond acceptors (Lipinski definition) is 3. The second-order valence-corrected chi connectivity index (χ2v) is 8.18. The zero-order valence-corrected chi connectivity index (χ0v) is 17.1. The van der Waals surface area contributed by atoms with Crippen LogP contribution in [0, 0.1) is 5.92 Å². The average Bonchev–Trinajstić information content (AvgIpc) is 2.70. The van der Waals surface area contributed by atoms with E-state index < -0.39 is 0 Å². The van der Waals surface area contributed by atoms with Crippen molar-refractivity contribution in [1.82, 2.24) is 0 Å². The Labute approximate surface area is 168 Å². The van der Waals surface area contributed by atoms with Crippen LogP contribution in [0.15, 0.2) is 53.4 Å². The van der Waals surface area contributed by atoms with Crippen LogP contribution in [0.4, 0.5) is 0 Å². The summed E-state index contributed by atoms with van der Waals surface area (Å²) in [6.45, 7) is 2.24. The average molecular weight is 383 g/mol. The number of unbranched alkanes of at least 4 members (excludes halogenated alkanes) is 2.